The first kappa shape index (κ1) is 16.5. The Hall–Kier alpha value is -2.82. The molecular weight excluding hydrogens is 299 g/mol. The smallest absolute Gasteiger partial charge is 0.341 e. The summed E-state index contributed by atoms with van der Waals surface area (Å²) in [6, 6.07) is 13.0. The summed E-state index contributed by atoms with van der Waals surface area (Å²) in [5, 5.41) is 0. The Balaban J connectivity index is 2.24. The van der Waals surface area contributed by atoms with Crippen LogP contribution in [0.15, 0.2) is 54.8 Å². The van der Waals surface area contributed by atoms with E-state index in [0.29, 0.717) is 16.9 Å². The number of methoxy groups -OCH3 is 2. The molecule has 120 valence electrons. The molecule has 0 N–H and O–H groups in total. The van der Waals surface area contributed by atoms with Crippen LogP contribution < -0.4 is 4.74 Å². The molecule has 0 saturated carbocycles. The molecule has 0 aliphatic rings. The molecular formula is C18H17FO4. The van der Waals surface area contributed by atoms with E-state index in [9.17, 15) is 9.18 Å². The van der Waals surface area contributed by atoms with Gasteiger partial charge < -0.3 is 14.2 Å². The van der Waals surface area contributed by atoms with Gasteiger partial charge in [-0.15, -0.1) is 0 Å². The fraction of sp³-hybridized carbons (Fsp3) is 0.167. The van der Waals surface area contributed by atoms with Crippen molar-refractivity contribution in [2.45, 2.75) is 6.61 Å². The topological polar surface area (TPSA) is 44.8 Å². The van der Waals surface area contributed by atoms with Crippen molar-refractivity contribution in [3.8, 4) is 5.75 Å². The van der Waals surface area contributed by atoms with E-state index in [-0.39, 0.29) is 12.4 Å². The second-order valence-electron chi connectivity index (χ2n) is 4.66. The molecule has 0 aliphatic carbocycles. The Labute approximate surface area is 134 Å². The van der Waals surface area contributed by atoms with Crippen molar-refractivity contribution >= 4 is 11.5 Å². The number of carbonyl (C=O) groups is 1. The van der Waals surface area contributed by atoms with Crippen molar-refractivity contribution in [1.82, 2.24) is 0 Å². The van der Waals surface area contributed by atoms with E-state index in [1.165, 1.54) is 32.6 Å². The molecule has 23 heavy (non-hydrogen) atoms. The maximum absolute atomic E-state index is 12.9. The predicted molar refractivity (Wildman–Crippen MR) is 84.2 cm³/mol. The summed E-state index contributed by atoms with van der Waals surface area (Å²) in [6.07, 6.45) is 1.34. The van der Waals surface area contributed by atoms with Gasteiger partial charge >= 0.3 is 5.97 Å². The van der Waals surface area contributed by atoms with Gasteiger partial charge in [0.25, 0.3) is 0 Å². The van der Waals surface area contributed by atoms with Gasteiger partial charge in [0, 0.05) is 0 Å². The molecule has 4 nitrogen and oxygen atoms in total. The van der Waals surface area contributed by atoms with Gasteiger partial charge in [-0.05, 0) is 35.4 Å². The molecule has 2 aromatic rings. The van der Waals surface area contributed by atoms with Crippen LogP contribution in [0.2, 0.25) is 0 Å². The highest BCUT2D eigenvalue weighted by molar-refractivity contribution is 6.16. The first-order valence-electron chi connectivity index (χ1n) is 6.93. The van der Waals surface area contributed by atoms with Crippen LogP contribution in [0.3, 0.4) is 0 Å². The first-order valence-corrected chi connectivity index (χ1v) is 6.93. The monoisotopic (exact) mass is 316 g/mol. The summed E-state index contributed by atoms with van der Waals surface area (Å²) < 4.78 is 28.3. The second-order valence-corrected chi connectivity index (χ2v) is 4.66. The van der Waals surface area contributed by atoms with Crippen LogP contribution >= 0.6 is 0 Å². The van der Waals surface area contributed by atoms with E-state index in [1.54, 1.807) is 18.2 Å². The third-order valence-electron chi connectivity index (χ3n) is 3.16. The predicted octanol–water partition coefficient (Wildman–Crippen LogP) is 3.57. The summed E-state index contributed by atoms with van der Waals surface area (Å²) in [4.78, 5) is 11.9. The largest absolute Gasteiger partial charge is 0.503 e. The molecule has 0 aromatic heterocycles. The molecule has 0 bridgehead atoms. The van der Waals surface area contributed by atoms with Crippen LogP contribution in [-0.2, 0) is 20.9 Å². The van der Waals surface area contributed by atoms with E-state index in [1.807, 2.05) is 18.2 Å². The van der Waals surface area contributed by atoms with Crippen molar-refractivity contribution < 1.29 is 23.4 Å². The molecule has 0 fully saturated rings. The van der Waals surface area contributed by atoms with Gasteiger partial charge in [0.1, 0.15) is 23.7 Å². The van der Waals surface area contributed by atoms with Crippen molar-refractivity contribution in [2.24, 2.45) is 0 Å². The molecule has 0 spiro atoms. The van der Waals surface area contributed by atoms with Gasteiger partial charge in [0.15, 0.2) is 0 Å². The molecule has 0 atom stereocenters. The van der Waals surface area contributed by atoms with Crippen LogP contribution in [0.5, 0.6) is 5.75 Å². The summed E-state index contributed by atoms with van der Waals surface area (Å²) in [5.41, 5.74) is 1.74. The highest BCUT2D eigenvalue weighted by Gasteiger charge is 2.16. The zero-order chi connectivity index (χ0) is 16.7. The standard InChI is InChI=1S/C18H17FO4/c1-21-12-17(18(20)22-2)16-6-4-3-5-13(16)11-23-15-9-7-14(19)8-10-15/h3-10,12H,11H2,1-2H3/b17-12+. The average Bonchev–Trinajstić information content (AvgIpc) is 2.59. The SMILES string of the molecule is CO/C=C(/C(=O)OC)c1ccccc1COc1ccc(F)cc1. The fourth-order valence-corrected chi connectivity index (χ4v) is 2.05. The molecule has 0 aliphatic heterocycles. The van der Waals surface area contributed by atoms with Gasteiger partial charge in [0.05, 0.1) is 20.5 Å². The lowest BCUT2D eigenvalue weighted by molar-refractivity contribution is -0.133. The van der Waals surface area contributed by atoms with E-state index in [4.69, 9.17) is 14.2 Å². The van der Waals surface area contributed by atoms with Crippen molar-refractivity contribution in [1.29, 1.82) is 0 Å². The lowest BCUT2D eigenvalue weighted by Crippen LogP contribution is -2.08. The Morgan fingerprint density at radius 3 is 2.43 bits per heavy atom. The number of carbonyl (C=O) groups excluding carboxylic acids is 1. The molecule has 2 rings (SSSR count). The third-order valence-corrected chi connectivity index (χ3v) is 3.16. The summed E-state index contributed by atoms with van der Waals surface area (Å²) in [7, 11) is 2.77. The van der Waals surface area contributed by atoms with Crippen molar-refractivity contribution in [3.05, 3.63) is 71.7 Å². The minimum absolute atomic E-state index is 0.222. The Morgan fingerprint density at radius 1 is 1.09 bits per heavy atom. The number of rotatable bonds is 6. The maximum atomic E-state index is 12.9. The third kappa shape index (κ3) is 4.32. The van der Waals surface area contributed by atoms with Gasteiger partial charge in [-0.25, -0.2) is 9.18 Å². The molecule has 0 radical (unpaired) electrons. The Kier molecular flexibility index (Phi) is 5.74. The Morgan fingerprint density at radius 2 is 1.78 bits per heavy atom. The van der Waals surface area contributed by atoms with E-state index >= 15 is 0 Å². The Bertz CT molecular complexity index is 692. The minimum atomic E-state index is -0.499. The highest BCUT2D eigenvalue weighted by atomic mass is 19.1. The number of esters is 1. The highest BCUT2D eigenvalue weighted by Crippen LogP contribution is 2.22. The first-order chi connectivity index (χ1) is 11.2. The van der Waals surface area contributed by atoms with E-state index in [0.717, 1.165) is 5.56 Å². The lowest BCUT2D eigenvalue weighted by atomic mass is 10.0. The minimum Gasteiger partial charge on any atom is -0.503 e. The van der Waals surface area contributed by atoms with Crippen LogP contribution in [0.4, 0.5) is 4.39 Å². The normalized spacial score (nSPS) is 11.0. The number of halogens is 1. The summed E-state index contributed by atoms with van der Waals surface area (Å²) >= 11 is 0. The van der Waals surface area contributed by atoms with Crippen molar-refractivity contribution in [3.63, 3.8) is 0 Å². The van der Waals surface area contributed by atoms with E-state index in [2.05, 4.69) is 0 Å². The second kappa shape index (κ2) is 7.98. The molecule has 0 saturated heterocycles. The van der Waals surface area contributed by atoms with Crippen molar-refractivity contribution in [2.75, 3.05) is 14.2 Å². The van der Waals surface area contributed by atoms with Crippen LogP contribution in [0.25, 0.3) is 5.57 Å². The summed E-state index contributed by atoms with van der Waals surface area (Å²) in [5.74, 6) is -0.286. The molecule has 2 aromatic carbocycles. The molecule has 0 heterocycles. The zero-order valence-corrected chi connectivity index (χ0v) is 12.9. The van der Waals surface area contributed by atoms with Gasteiger partial charge in [0.2, 0.25) is 0 Å². The van der Waals surface area contributed by atoms with Crippen LogP contribution in [0.1, 0.15) is 11.1 Å². The maximum Gasteiger partial charge on any atom is 0.341 e. The van der Waals surface area contributed by atoms with Crippen LogP contribution in [-0.4, -0.2) is 20.2 Å². The summed E-state index contributed by atoms with van der Waals surface area (Å²) in [6.45, 7) is 0.222. The van der Waals surface area contributed by atoms with Gasteiger partial charge in [-0.1, -0.05) is 24.3 Å². The van der Waals surface area contributed by atoms with E-state index < -0.39 is 5.97 Å². The van der Waals surface area contributed by atoms with Gasteiger partial charge in [-0.2, -0.15) is 0 Å². The average molecular weight is 316 g/mol. The number of hydrogen-bond acceptors (Lipinski definition) is 4. The molecule has 0 amide bonds. The van der Waals surface area contributed by atoms with Crippen LogP contribution in [0, 0.1) is 5.82 Å². The van der Waals surface area contributed by atoms with Gasteiger partial charge in [-0.3, -0.25) is 0 Å². The lowest BCUT2D eigenvalue weighted by Gasteiger charge is -2.12. The zero-order valence-electron chi connectivity index (χ0n) is 12.9. The molecule has 0 unspecified atom stereocenters. The number of benzene rings is 2. The quantitative estimate of drug-likeness (QED) is 0.464. The fourth-order valence-electron chi connectivity index (χ4n) is 2.05. The molecule has 5 heteroatoms. The number of ether oxygens (including phenoxy) is 3. The number of hydrogen-bond donors (Lipinski definition) is 0.